The lowest BCUT2D eigenvalue weighted by Gasteiger charge is -2.19. The zero-order chi connectivity index (χ0) is 15.7. The average Bonchev–Trinajstić information content (AvgIpc) is 3.24. The van der Waals surface area contributed by atoms with Crippen LogP contribution in [0.2, 0.25) is 5.02 Å². The molecule has 1 amide bonds. The molecule has 3 rings (SSSR count). The van der Waals surface area contributed by atoms with E-state index in [0.29, 0.717) is 23.2 Å². The molecule has 1 aliphatic rings. The van der Waals surface area contributed by atoms with Gasteiger partial charge in [0.25, 0.3) is 5.91 Å². The Morgan fingerprint density at radius 3 is 3.00 bits per heavy atom. The predicted molar refractivity (Wildman–Crippen MR) is 88.3 cm³/mol. The van der Waals surface area contributed by atoms with Gasteiger partial charge in [-0.1, -0.05) is 23.7 Å². The number of benzene rings is 1. The number of hydrogen-bond donors (Lipinski definition) is 1. The Morgan fingerprint density at radius 2 is 2.32 bits per heavy atom. The van der Waals surface area contributed by atoms with Gasteiger partial charge in [-0.2, -0.15) is 0 Å². The number of likely N-dealkylation sites (N-methyl/N-ethyl adjacent to an activating group) is 1. The van der Waals surface area contributed by atoms with E-state index in [1.807, 2.05) is 18.2 Å². The highest BCUT2D eigenvalue weighted by atomic mass is 35.5. The van der Waals surface area contributed by atoms with E-state index in [4.69, 9.17) is 11.6 Å². The summed E-state index contributed by atoms with van der Waals surface area (Å²) in [6, 6.07) is 7.41. The van der Waals surface area contributed by atoms with Gasteiger partial charge in [0, 0.05) is 29.6 Å². The van der Waals surface area contributed by atoms with Crippen molar-refractivity contribution in [1.29, 1.82) is 0 Å². The van der Waals surface area contributed by atoms with Crippen molar-refractivity contribution in [3.8, 4) is 10.6 Å². The Morgan fingerprint density at radius 1 is 1.55 bits per heavy atom. The molecule has 0 radical (unpaired) electrons. The van der Waals surface area contributed by atoms with Gasteiger partial charge < -0.3 is 10.0 Å². The number of carbonyl (C=O) groups is 1. The second-order valence-electron chi connectivity index (χ2n) is 5.64. The van der Waals surface area contributed by atoms with Crippen LogP contribution in [-0.4, -0.2) is 40.6 Å². The number of halogens is 1. The van der Waals surface area contributed by atoms with Crippen LogP contribution in [0.4, 0.5) is 0 Å². The highest BCUT2D eigenvalue weighted by Gasteiger charge is 2.31. The predicted octanol–water partition coefficient (Wildman–Crippen LogP) is 3.31. The van der Waals surface area contributed by atoms with Crippen LogP contribution < -0.4 is 0 Å². The fourth-order valence-electron chi connectivity index (χ4n) is 2.32. The van der Waals surface area contributed by atoms with E-state index in [1.54, 1.807) is 23.4 Å². The number of carbonyl (C=O) groups excluding carboxylic acids is 1. The largest absolute Gasteiger partial charge is 0.391 e. The maximum atomic E-state index is 12.4. The van der Waals surface area contributed by atoms with Gasteiger partial charge in [0.05, 0.1) is 6.10 Å². The SMILES string of the molecule is CN(CC(O)C1CC1)C(=O)c1csc(-c2cccc(Cl)c2)n1. The molecule has 1 atom stereocenters. The molecule has 22 heavy (non-hydrogen) atoms. The number of aliphatic hydroxyl groups is 1. The Labute approximate surface area is 138 Å². The van der Waals surface area contributed by atoms with Gasteiger partial charge in [-0.05, 0) is 30.9 Å². The lowest BCUT2D eigenvalue weighted by atomic mass is 10.2. The molecule has 0 spiro atoms. The van der Waals surface area contributed by atoms with E-state index in [2.05, 4.69) is 4.98 Å². The minimum Gasteiger partial charge on any atom is -0.391 e. The van der Waals surface area contributed by atoms with Crippen molar-refractivity contribution >= 4 is 28.8 Å². The molecule has 1 unspecified atom stereocenters. The van der Waals surface area contributed by atoms with Crippen LogP contribution in [0.5, 0.6) is 0 Å². The third-order valence-corrected chi connectivity index (χ3v) is 4.90. The van der Waals surface area contributed by atoms with E-state index < -0.39 is 6.10 Å². The first kappa shape index (κ1) is 15.5. The lowest BCUT2D eigenvalue weighted by molar-refractivity contribution is 0.0641. The molecule has 1 saturated carbocycles. The standard InChI is InChI=1S/C16H17ClN2O2S/c1-19(8-14(20)10-5-6-10)16(21)13-9-22-15(18-13)11-3-2-4-12(17)7-11/h2-4,7,9-10,14,20H,5-6,8H2,1H3. The highest BCUT2D eigenvalue weighted by Crippen LogP contribution is 2.33. The van der Waals surface area contributed by atoms with Crippen LogP contribution in [0.3, 0.4) is 0 Å². The van der Waals surface area contributed by atoms with Crippen molar-refractivity contribution in [1.82, 2.24) is 9.88 Å². The molecule has 4 nitrogen and oxygen atoms in total. The maximum Gasteiger partial charge on any atom is 0.273 e. The molecule has 1 N–H and O–H groups in total. The Balaban J connectivity index is 1.71. The summed E-state index contributed by atoms with van der Waals surface area (Å²) in [5, 5.41) is 13.1. The lowest BCUT2D eigenvalue weighted by Crippen LogP contribution is -2.35. The maximum absolute atomic E-state index is 12.4. The van der Waals surface area contributed by atoms with Gasteiger partial charge in [-0.15, -0.1) is 11.3 Å². The normalized spacial score (nSPS) is 15.6. The molecule has 1 fully saturated rings. The summed E-state index contributed by atoms with van der Waals surface area (Å²) in [5.41, 5.74) is 1.31. The first-order valence-electron chi connectivity index (χ1n) is 7.19. The number of aliphatic hydroxyl groups excluding tert-OH is 1. The van der Waals surface area contributed by atoms with Crippen molar-refractivity contribution < 1.29 is 9.90 Å². The van der Waals surface area contributed by atoms with E-state index >= 15 is 0 Å². The van der Waals surface area contributed by atoms with Crippen molar-refractivity contribution in [2.75, 3.05) is 13.6 Å². The zero-order valence-corrected chi connectivity index (χ0v) is 13.8. The second kappa shape index (κ2) is 6.36. The smallest absolute Gasteiger partial charge is 0.273 e. The van der Waals surface area contributed by atoms with Crippen LogP contribution in [0.1, 0.15) is 23.3 Å². The van der Waals surface area contributed by atoms with Gasteiger partial charge in [0.15, 0.2) is 0 Å². The molecule has 1 aromatic heterocycles. The second-order valence-corrected chi connectivity index (χ2v) is 6.93. The van der Waals surface area contributed by atoms with Crippen molar-refractivity contribution in [3.63, 3.8) is 0 Å². The molecule has 116 valence electrons. The number of hydrogen-bond acceptors (Lipinski definition) is 4. The number of nitrogens with zero attached hydrogens (tertiary/aromatic N) is 2. The molecule has 0 saturated heterocycles. The van der Waals surface area contributed by atoms with Crippen molar-refractivity contribution in [2.24, 2.45) is 5.92 Å². The third-order valence-electron chi connectivity index (χ3n) is 3.77. The van der Waals surface area contributed by atoms with Gasteiger partial charge in [0.1, 0.15) is 10.7 Å². The first-order valence-corrected chi connectivity index (χ1v) is 8.45. The minimum absolute atomic E-state index is 0.163. The summed E-state index contributed by atoms with van der Waals surface area (Å²) in [7, 11) is 1.70. The molecule has 1 heterocycles. The monoisotopic (exact) mass is 336 g/mol. The van der Waals surface area contributed by atoms with Gasteiger partial charge in [0.2, 0.25) is 0 Å². The summed E-state index contributed by atoms with van der Waals surface area (Å²) in [5.74, 6) is 0.192. The fraction of sp³-hybridized carbons (Fsp3) is 0.375. The molecular formula is C16H17ClN2O2S. The number of rotatable bonds is 5. The van der Waals surface area contributed by atoms with Crippen LogP contribution >= 0.6 is 22.9 Å². The molecule has 0 aliphatic heterocycles. The summed E-state index contributed by atoms with van der Waals surface area (Å²) >= 11 is 7.40. The summed E-state index contributed by atoms with van der Waals surface area (Å²) in [6.07, 6.45) is 1.68. The number of aromatic nitrogens is 1. The molecular weight excluding hydrogens is 320 g/mol. The van der Waals surface area contributed by atoms with E-state index in [0.717, 1.165) is 23.4 Å². The minimum atomic E-state index is -0.431. The molecule has 1 aliphatic carbocycles. The van der Waals surface area contributed by atoms with E-state index in [9.17, 15) is 9.90 Å². The van der Waals surface area contributed by atoms with Crippen LogP contribution in [0, 0.1) is 5.92 Å². The van der Waals surface area contributed by atoms with E-state index in [-0.39, 0.29) is 5.91 Å². The number of amides is 1. The number of thiazole rings is 1. The summed E-state index contributed by atoms with van der Waals surface area (Å²) in [6.45, 7) is 0.355. The summed E-state index contributed by atoms with van der Waals surface area (Å²) < 4.78 is 0. The Hall–Kier alpha value is -1.43. The Kier molecular flexibility index (Phi) is 4.47. The average molecular weight is 337 g/mol. The molecule has 6 heteroatoms. The van der Waals surface area contributed by atoms with Crippen LogP contribution in [0.25, 0.3) is 10.6 Å². The van der Waals surface area contributed by atoms with Crippen LogP contribution in [-0.2, 0) is 0 Å². The molecule has 2 aromatic rings. The van der Waals surface area contributed by atoms with E-state index in [1.165, 1.54) is 11.3 Å². The highest BCUT2D eigenvalue weighted by molar-refractivity contribution is 7.13. The molecule has 1 aromatic carbocycles. The van der Waals surface area contributed by atoms with Gasteiger partial charge in [-0.25, -0.2) is 4.98 Å². The van der Waals surface area contributed by atoms with Gasteiger partial charge in [-0.3, -0.25) is 4.79 Å². The van der Waals surface area contributed by atoms with Crippen molar-refractivity contribution in [3.05, 3.63) is 40.4 Å². The zero-order valence-electron chi connectivity index (χ0n) is 12.2. The van der Waals surface area contributed by atoms with Crippen LogP contribution in [0.15, 0.2) is 29.6 Å². The Bertz CT molecular complexity index is 684. The quantitative estimate of drug-likeness (QED) is 0.911. The van der Waals surface area contributed by atoms with Gasteiger partial charge >= 0.3 is 0 Å². The summed E-state index contributed by atoms with van der Waals surface area (Å²) in [4.78, 5) is 18.3. The molecule has 0 bridgehead atoms. The van der Waals surface area contributed by atoms with Crippen molar-refractivity contribution in [2.45, 2.75) is 18.9 Å². The fourth-order valence-corrected chi connectivity index (χ4v) is 3.30. The topological polar surface area (TPSA) is 53.4 Å². The first-order chi connectivity index (χ1) is 10.5. The third kappa shape index (κ3) is 3.48.